The Morgan fingerprint density at radius 3 is 2.52 bits per heavy atom. The van der Waals surface area contributed by atoms with Crippen molar-refractivity contribution in [1.82, 2.24) is 0 Å². The van der Waals surface area contributed by atoms with E-state index in [4.69, 9.17) is 9.84 Å². The predicted molar refractivity (Wildman–Crippen MR) is 70.2 cm³/mol. The second-order valence-electron chi connectivity index (χ2n) is 5.00. The summed E-state index contributed by atoms with van der Waals surface area (Å²) < 4.78 is 45.8. The molecule has 1 aromatic carbocycles. The fraction of sp³-hybridized carbons (Fsp3) is 0.462. The molecule has 4 nitrogen and oxygen atoms in total. The first-order valence-corrected chi connectivity index (χ1v) is 6.88. The largest absolute Gasteiger partial charge is 0.573 e. The number of aliphatic carboxylic acids is 1. The predicted octanol–water partition coefficient (Wildman–Crippen LogP) is 3.98. The van der Waals surface area contributed by atoms with E-state index in [-0.39, 0.29) is 28.7 Å². The van der Waals surface area contributed by atoms with Crippen LogP contribution in [0.15, 0.2) is 22.7 Å². The van der Waals surface area contributed by atoms with Gasteiger partial charge in [0, 0.05) is 5.41 Å². The first-order chi connectivity index (χ1) is 9.69. The van der Waals surface area contributed by atoms with Crippen molar-refractivity contribution in [2.45, 2.75) is 25.6 Å². The summed E-state index contributed by atoms with van der Waals surface area (Å²) in [6.45, 7) is 0.227. The monoisotopic (exact) mass is 368 g/mol. The number of carboxylic acids is 1. The van der Waals surface area contributed by atoms with Gasteiger partial charge in [-0.25, -0.2) is 0 Å². The topological polar surface area (TPSA) is 55.8 Å². The van der Waals surface area contributed by atoms with Crippen LogP contribution in [0.1, 0.15) is 19.3 Å². The Labute approximate surface area is 127 Å². The van der Waals surface area contributed by atoms with E-state index in [9.17, 15) is 18.0 Å². The van der Waals surface area contributed by atoms with Crippen LogP contribution in [0, 0.1) is 5.41 Å². The molecule has 21 heavy (non-hydrogen) atoms. The van der Waals surface area contributed by atoms with E-state index in [1.54, 1.807) is 0 Å². The van der Waals surface area contributed by atoms with Crippen molar-refractivity contribution in [3.8, 4) is 11.5 Å². The number of halogens is 4. The van der Waals surface area contributed by atoms with Crippen molar-refractivity contribution in [2.24, 2.45) is 5.41 Å². The standard InChI is InChI=1S/C13H12BrF3O4/c14-9-5-8(1-2-10(9)21-13(15,16)17)20-7-12(3-4-12)6-11(18)19/h1-2,5H,3-4,6-7H2,(H,18,19). The number of benzene rings is 1. The van der Waals surface area contributed by atoms with E-state index in [2.05, 4.69) is 20.7 Å². The van der Waals surface area contributed by atoms with E-state index in [0.717, 1.165) is 18.9 Å². The van der Waals surface area contributed by atoms with Crippen LogP contribution in [0.5, 0.6) is 11.5 Å². The number of rotatable bonds is 6. The van der Waals surface area contributed by atoms with Crippen molar-refractivity contribution in [2.75, 3.05) is 6.61 Å². The third-order valence-electron chi connectivity index (χ3n) is 3.16. The van der Waals surface area contributed by atoms with Crippen molar-refractivity contribution in [3.63, 3.8) is 0 Å². The van der Waals surface area contributed by atoms with E-state index >= 15 is 0 Å². The average molecular weight is 369 g/mol. The Bertz CT molecular complexity index is 541. The quantitative estimate of drug-likeness (QED) is 0.824. The Kier molecular flexibility index (Phi) is 4.36. The van der Waals surface area contributed by atoms with Crippen molar-refractivity contribution >= 4 is 21.9 Å². The number of carbonyl (C=O) groups is 1. The Hall–Kier alpha value is -1.44. The zero-order valence-electron chi connectivity index (χ0n) is 10.7. The molecule has 1 aliphatic rings. The maximum Gasteiger partial charge on any atom is 0.573 e. The van der Waals surface area contributed by atoms with Gasteiger partial charge in [-0.2, -0.15) is 0 Å². The molecular weight excluding hydrogens is 357 g/mol. The fourth-order valence-electron chi connectivity index (χ4n) is 1.88. The normalized spacial score (nSPS) is 16.4. The van der Waals surface area contributed by atoms with Crippen molar-refractivity contribution in [1.29, 1.82) is 0 Å². The third-order valence-corrected chi connectivity index (χ3v) is 3.78. The third kappa shape index (κ3) is 4.80. The minimum absolute atomic E-state index is 0.0312. The molecule has 0 radical (unpaired) electrons. The minimum Gasteiger partial charge on any atom is -0.493 e. The molecule has 0 bridgehead atoms. The molecule has 0 heterocycles. The maximum atomic E-state index is 12.1. The summed E-state index contributed by atoms with van der Waals surface area (Å²) in [4.78, 5) is 10.7. The van der Waals surface area contributed by atoms with Gasteiger partial charge < -0.3 is 14.6 Å². The summed E-state index contributed by atoms with van der Waals surface area (Å²) in [5.74, 6) is -0.888. The molecule has 0 spiro atoms. The van der Waals surface area contributed by atoms with Crippen LogP contribution in [0.25, 0.3) is 0 Å². The van der Waals surface area contributed by atoms with E-state index in [0.29, 0.717) is 5.75 Å². The van der Waals surface area contributed by atoms with Gasteiger partial charge in [0.05, 0.1) is 17.5 Å². The summed E-state index contributed by atoms with van der Waals surface area (Å²) in [6, 6.07) is 3.85. The molecule has 116 valence electrons. The lowest BCUT2D eigenvalue weighted by Gasteiger charge is -2.15. The van der Waals surface area contributed by atoms with Crippen LogP contribution in [-0.2, 0) is 4.79 Å². The van der Waals surface area contributed by atoms with Crippen LogP contribution in [0.4, 0.5) is 13.2 Å². The molecule has 1 N–H and O–H groups in total. The molecule has 0 aliphatic heterocycles. The molecule has 8 heteroatoms. The fourth-order valence-corrected chi connectivity index (χ4v) is 2.32. The lowest BCUT2D eigenvalue weighted by atomic mass is 10.0. The number of carboxylic acid groups (broad SMARTS) is 1. The SMILES string of the molecule is O=C(O)CC1(COc2ccc(OC(F)(F)F)c(Br)c2)CC1. The second kappa shape index (κ2) is 5.75. The molecule has 0 saturated heterocycles. The van der Waals surface area contributed by atoms with E-state index in [1.165, 1.54) is 12.1 Å². The van der Waals surface area contributed by atoms with Gasteiger partial charge in [-0.1, -0.05) is 0 Å². The number of hydrogen-bond acceptors (Lipinski definition) is 3. The summed E-state index contributed by atoms with van der Waals surface area (Å²) in [7, 11) is 0. The van der Waals surface area contributed by atoms with Gasteiger partial charge in [-0.3, -0.25) is 4.79 Å². The molecule has 1 saturated carbocycles. The number of alkyl halides is 3. The zero-order chi connectivity index (χ0) is 15.7. The highest BCUT2D eigenvalue weighted by Gasteiger charge is 2.45. The second-order valence-corrected chi connectivity index (χ2v) is 5.85. The zero-order valence-corrected chi connectivity index (χ0v) is 12.3. The van der Waals surface area contributed by atoms with Gasteiger partial charge in [0.15, 0.2) is 0 Å². The van der Waals surface area contributed by atoms with E-state index < -0.39 is 12.3 Å². The number of hydrogen-bond donors (Lipinski definition) is 1. The molecule has 0 atom stereocenters. The first kappa shape index (κ1) is 15.9. The molecule has 2 rings (SSSR count). The highest BCUT2D eigenvalue weighted by atomic mass is 79.9. The highest BCUT2D eigenvalue weighted by Crippen LogP contribution is 2.49. The molecule has 1 aromatic rings. The summed E-state index contributed by atoms with van der Waals surface area (Å²) >= 11 is 2.98. The lowest BCUT2D eigenvalue weighted by molar-refractivity contribution is -0.274. The molecular formula is C13H12BrF3O4. The first-order valence-electron chi connectivity index (χ1n) is 6.09. The molecule has 1 fully saturated rings. The van der Waals surface area contributed by atoms with Gasteiger partial charge in [0.25, 0.3) is 0 Å². The van der Waals surface area contributed by atoms with Gasteiger partial charge >= 0.3 is 12.3 Å². The van der Waals surface area contributed by atoms with Crippen LogP contribution < -0.4 is 9.47 Å². The molecule has 0 amide bonds. The van der Waals surface area contributed by atoms with Crippen LogP contribution in [0.2, 0.25) is 0 Å². The lowest BCUT2D eigenvalue weighted by Crippen LogP contribution is -2.18. The van der Waals surface area contributed by atoms with E-state index in [1.807, 2.05) is 0 Å². The Morgan fingerprint density at radius 2 is 2.05 bits per heavy atom. The van der Waals surface area contributed by atoms with Gasteiger partial charge in [0.2, 0.25) is 0 Å². The highest BCUT2D eigenvalue weighted by molar-refractivity contribution is 9.10. The Balaban J connectivity index is 1.96. The Morgan fingerprint density at radius 1 is 1.38 bits per heavy atom. The van der Waals surface area contributed by atoms with Gasteiger partial charge in [0.1, 0.15) is 11.5 Å². The molecule has 0 aromatic heterocycles. The van der Waals surface area contributed by atoms with Gasteiger partial charge in [-0.15, -0.1) is 13.2 Å². The molecule has 1 aliphatic carbocycles. The van der Waals surface area contributed by atoms with Crippen molar-refractivity contribution in [3.05, 3.63) is 22.7 Å². The smallest absolute Gasteiger partial charge is 0.493 e. The molecule has 0 unspecified atom stereocenters. The summed E-state index contributed by atoms with van der Waals surface area (Å²) in [5, 5.41) is 8.79. The average Bonchev–Trinajstić information content (AvgIpc) is 3.07. The van der Waals surface area contributed by atoms with Crippen LogP contribution >= 0.6 is 15.9 Å². The minimum atomic E-state index is -4.76. The van der Waals surface area contributed by atoms with Crippen LogP contribution in [0.3, 0.4) is 0 Å². The summed E-state index contributed by atoms with van der Waals surface area (Å²) in [6.07, 6.45) is -3.18. The van der Waals surface area contributed by atoms with Crippen LogP contribution in [-0.4, -0.2) is 24.0 Å². The number of ether oxygens (including phenoxy) is 2. The maximum absolute atomic E-state index is 12.1. The van der Waals surface area contributed by atoms with Gasteiger partial charge in [-0.05, 0) is 47.0 Å². The summed E-state index contributed by atoms with van der Waals surface area (Å²) in [5.41, 5.74) is -0.348. The van der Waals surface area contributed by atoms with Crippen molar-refractivity contribution < 1.29 is 32.5 Å².